The Hall–Kier alpha value is -1.68. The molecule has 0 aliphatic heterocycles. The fourth-order valence-corrected chi connectivity index (χ4v) is 2.33. The normalized spacial score (nSPS) is 12.6. The highest BCUT2D eigenvalue weighted by Crippen LogP contribution is 2.23. The van der Waals surface area contributed by atoms with Gasteiger partial charge in [-0.05, 0) is 44.0 Å². The third-order valence-corrected chi connectivity index (χ3v) is 3.28. The first-order valence-electron chi connectivity index (χ1n) is 6.78. The van der Waals surface area contributed by atoms with Gasteiger partial charge < -0.3 is 5.32 Å². The van der Waals surface area contributed by atoms with Crippen LogP contribution in [0, 0.1) is 13.8 Å². The van der Waals surface area contributed by atoms with Crippen molar-refractivity contribution in [1.82, 2.24) is 20.1 Å². The number of aryl methyl sites for hydroxylation is 3. The molecule has 1 N–H and O–H groups in total. The van der Waals surface area contributed by atoms with E-state index in [0.29, 0.717) is 0 Å². The third-order valence-electron chi connectivity index (χ3n) is 3.28. The predicted molar refractivity (Wildman–Crippen MR) is 77.1 cm³/mol. The van der Waals surface area contributed by atoms with Gasteiger partial charge in [-0.3, -0.25) is 9.67 Å². The van der Waals surface area contributed by atoms with Crippen LogP contribution in [0.1, 0.15) is 41.9 Å². The Labute approximate surface area is 114 Å². The van der Waals surface area contributed by atoms with Crippen LogP contribution in [0.5, 0.6) is 0 Å². The zero-order valence-electron chi connectivity index (χ0n) is 12.1. The topological polar surface area (TPSA) is 42.7 Å². The zero-order chi connectivity index (χ0) is 13.8. The number of hydrogen-bond acceptors (Lipinski definition) is 3. The highest BCUT2D eigenvalue weighted by molar-refractivity contribution is 5.30. The maximum Gasteiger partial charge on any atom is 0.0924 e. The standard InChI is InChI=1S/C15H22N4/c1-5-7-16-15(13-6-8-18-19(13)4)14-12(3)9-11(2)10-17-14/h6,8-10,15-16H,5,7H2,1-4H3. The van der Waals surface area contributed by atoms with Crippen LogP contribution in [0.15, 0.2) is 24.5 Å². The molecule has 0 spiro atoms. The molecule has 0 saturated heterocycles. The monoisotopic (exact) mass is 258 g/mol. The molecule has 19 heavy (non-hydrogen) atoms. The highest BCUT2D eigenvalue weighted by atomic mass is 15.3. The molecule has 2 aromatic rings. The molecule has 0 aliphatic rings. The molecule has 0 bridgehead atoms. The molecule has 0 saturated carbocycles. The first kappa shape index (κ1) is 13.7. The van der Waals surface area contributed by atoms with Crippen molar-refractivity contribution in [3.8, 4) is 0 Å². The average Bonchev–Trinajstić information content (AvgIpc) is 2.78. The summed E-state index contributed by atoms with van der Waals surface area (Å²) in [6.07, 6.45) is 4.86. The molecule has 4 heteroatoms. The van der Waals surface area contributed by atoms with Crippen molar-refractivity contribution in [3.63, 3.8) is 0 Å². The van der Waals surface area contributed by atoms with Gasteiger partial charge in [-0.2, -0.15) is 5.10 Å². The minimum atomic E-state index is 0.105. The van der Waals surface area contributed by atoms with Crippen molar-refractivity contribution in [3.05, 3.63) is 47.0 Å². The minimum absolute atomic E-state index is 0.105. The summed E-state index contributed by atoms with van der Waals surface area (Å²) >= 11 is 0. The van der Waals surface area contributed by atoms with Crippen LogP contribution in [-0.4, -0.2) is 21.3 Å². The summed E-state index contributed by atoms with van der Waals surface area (Å²) in [5.74, 6) is 0. The Kier molecular flexibility index (Phi) is 4.32. The Morgan fingerprint density at radius 3 is 2.74 bits per heavy atom. The van der Waals surface area contributed by atoms with E-state index in [-0.39, 0.29) is 6.04 Å². The van der Waals surface area contributed by atoms with E-state index in [1.54, 1.807) is 0 Å². The third kappa shape index (κ3) is 3.01. The van der Waals surface area contributed by atoms with Gasteiger partial charge in [-0.25, -0.2) is 0 Å². The van der Waals surface area contributed by atoms with Gasteiger partial charge in [0.1, 0.15) is 0 Å². The van der Waals surface area contributed by atoms with Crippen LogP contribution >= 0.6 is 0 Å². The molecule has 2 rings (SSSR count). The predicted octanol–water partition coefficient (Wildman–Crippen LogP) is 2.52. The van der Waals surface area contributed by atoms with Crippen LogP contribution in [0.4, 0.5) is 0 Å². The largest absolute Gasteiger partial charge is 0.304 e. The molecule has 0 radical (unpaired) electrons. The first-order valence-corrected chi connectivity index (χ1v) is 6.78. The lowest BCUT2D eigenvalue weighted by molar-refractivity contribution is 0.541. The molecule has 102 valence electrons. The van der Waals surface area contributed by atoms with Crippen LogP contribution in [0.2, 0.25) is 0 Å². The minimum Gasteiger partial charge on any atom is -0.304 e. The van der Waals surface area contributed by atoms with Gasteiger partial charge in [0, 0.05) is 19.4 Å². The van der Waals surface area contributed by atoms with Gasteiger partial charge >= 0.3 is 0 Å². The van der Waals surface area contributed by atoms with Crippen molar-refractivity contribution >= 4 is 0 Å². The summed E-state index contributed by atoms with van der Waals surface area (Å²) in [5, 5.41) is 7.83. The molecule has 0 fully saturated rings. The number of hydrogen-bond donors (Lipinski definition) is 1. The maximum atomic E-state index is 4.62. The maximum absolute atomic E-state index is 4.62. The van der Waals surface area contributed by atoms with Crippen molar-refractivity contribution < 1.29 is 0 Å². The van der Waals surface area contributed by atoms with E-state index in [1.165, 1.54) is 11.1 Å². The number of pyridine rings is 1. The van der Waals surface area contributed by atoms with Gasteiger partial charge in [0.05, 0.1) is 17.4 Å². The van der Waals surface area contributed by atoms with Crippen molar-refractivity contribution in [2.24, 2.45) is 7.05 Å². The number of nitrogens with one attached hydrogen (secondary N) is 1. The lowest BCUT2D eigenvalue weighted by atomic mass is 10.0. The Balaban J connectivity index is 2.40. The molecule has 1 unspecified atom stereocenters. The Morgan fingerprint density at radius 1 is 1.37 bits per heavy atom. The molecular weight excluding hydrogens is 236 g/mol. The van der Waals surface area contributed by atoms with E-state index in [9.17, 15) is 0 Å². The molecule has 4 nitrogen and oxygen atoms in total. The summed E-state index contributed by atoms with van der Waals surface area (Å²) in [4.78, 5) is 4.62. The van der Waals surface area contributed by atoms with Crippen LogP contribution in [-0.2, 0) is 7.05 Å². The van der Waals surface area contributed by atoms with E-state index in [0.717, 1.165) is 24.4 Å². The second kappa shape index (κ2) is 5.97. The van der Waals surface area contributed by atoms with Crippen LogP contribution in [0.25, 0.3) is 0 Å². The zero-order valence-corrected chi connectivity index (χ0v) is 12.1. The fraction of sp³-hybridized carbons (Fsp3) is 0.467. The van der Waals surface area contributed by atoms with Gasteiger partial charge in [-0.15, -0.1) is 0 Å². The quantitative estimate of drug-likeness (QED) is 0.896. The molecular formula is C15H22N4. The molecule has 2 heterocycles. The number of aromatic nitrogens is 3. The summed E-state index contributed by atoms with van der Waals surface area (Å²) in [6, 6.07) is 4.33. The lowest BCUT2D eigenvalue weighted by Gasteiger charge is -2.20. The molecule has 0 amide bonds. The molecule has 2 aromatic heterocycles. The molecule has 0 aliphatic carbocycles. The van der Waals surface area contributed by atoms with E-state index < -0.39 is 0 Å². The van der Waals surface area contributed by atoms with E-state index in [4.69, 9.17) is 0 Å². The Bertz CT molecular complexity index is 545. The first-order chi connectivity index (χ1) is 9.13. The number of nitrogens with zero attached hydrogens (tertiary/aromatic N) is 3. The Morgan fingerprint density at radius 2 is 2.16 bits per heavy atom. The van der Waals surface area contributed by atoms with E-state index in [1.807, 2.05) is 30.2 Å². The highest BCUT2D eigenvalue weighted by Gasteiger charge is 2.19. The summed E-state index contributed by atoms with van der Waals surface area (Å²) in [6.45, 7) is 7.32. The fourth-order valence-electron chi connectivity index (χ4n) is 2.33. The summed E-state index contributed by atoms with van der Waals surface area (Å²) < 4.78 is 1.91. The molecule has 1 atom stereocenters. The number of rotatable bonds is 5. The van der Waals surface area contributed by atoms with Crippen molar-refractivity contribution in [1.29, 1.82) is 0 Å². The van der Waals surface area contributed by atoms with Gasteiger partial charge in [0.25, 0.3) is 0 Å². The smallest absolute Gasteiger partial charge is 0.0924 e. The van der Waals surface area contributed by atoms with Crippen LogP contribution in [0.3, 0.4) is 0 Å². The second-order valence-corrected chi connectivity index (χ2v) is 4.98. The van der Waals surface area contributed by atoms with E-state index in [2.05, 4.69) is 42.2 Å². The lowest BCUT2D eigenvalue weighted by Crippen LogP contribution is -2.26. The van der Waals surface area contributed by atoms with Gasteiger partial charge in [-0.1, -0.05) is 13.0 Å². The van der Waals surface area contributed by atoms with Crippen molar-refractivity contribution in [2.45, 2.75) is 33.2 Å². The van der Waals surface area contributed by atoms with Gasteiger partial charge in [0.2, 0.25) is 0 Å². The summed E-state index contributed by atoms with van der Waals surface area (Å²) in [5.41, 5.74) is 4.64. The molecule has 0 aromatic carbocycles. The second-order valence-electron chi connectivity index (χ2n) is 4.98. The van der Waals surface area contributed by atoms with Gasteiger partial charge in [0.15, 0.2) is 0 Å². The van der Waals surface area contributed by atoms with Crippen LogP contribution < -0.4 is 5.32 Å². The van der Waals surface area contributed by atoms with Crippen molar-refractivity contribution in [2.75, 3.05) is 6.54 Å². The van der Waals surface area contributed by atoms with E-state index >= 15 is 0 Å². The SMILES string of the molecule is CCCNC(c1ncc(C)cc1C)c1ccnn1C. The summed E-state index contributed by atoms with van der Waals surface area (Å²) in [7, 11) is 1.97. The average molecular weight is 258 g/mol.